The van der Waals surface area contributed by atoms with Gasteiger partial charge in [0, 0.05) is 33.1 Å². The largest absolute Gasteiger partial charge is 0.339 e. The summed E-state index contributed by atoms with van der Waals surface area (Å²) in [6, 6.07) is 13.6. The molecule has 1 N–H and O–H groups in total. The molecular weight excluding hydrogens is 442 g/mol. The van der Waals surface area contributed by atoms with Crippen molar-refractivity contribution in [3.8, 4) is 0 Å². The van der Waals surface area contributed by atoms with E-state index < -0.39 is 27.0 Å². The van der Waals surface area contributed by atoms with E-state index in [9.17, 15) is 22.8 Å². The first-order valence-corrected chi connectivity index (χ1v) is 11.5. The summed E-state index contributed by atoms with van der Waals surface area (Å²) in [5.74, 6) is -1.65. The zero-order valence-electron chi connectivity index (χ0n) is 16.8. The van der Waals surface area contributed by atoms with Gasteiger partial charge in [0.1, 0.15) is 0 Å². The number of piperazine rings is 1. The number of hydrogen-bond donors (Lipinski definition) is 1. The Morgan fingerprint density at radius 3 is 2.03 bits per heavy atom. The van der Waals surface area contributed by atoms with E-state index in [1.165, 1.54) is 48.2 Å². The van der Waals surface area contributed by atoms with Crippen molar-refractivity contribution >= 4 is 39.2 Å². The van der Waals surface area contributed by atoms with Crippen LogP contribution in [0.1, 0.15) is 17.3 Å². The smallest absolute Gasteiger partial charge is 0.261 e. The van der Waals surface area contributed by atoms with E-state index in [0.717, 1.165) is 0 Å². The molecule has 3 rings (SSSR count). The van der Waals surface area contributed by atoms with Crippen LogP contribution in [-0.4, -0.2) is 67.5 Å². The van der Waals surface area contributed by atoms with Crippen LogP contribution in [0, 0.1) is 0 Å². The van der Waals surface area contributed by atoms with E-state index in [-0.39, 0.29) is 47.6 Å². The van der Waals surface area contributed by atoms with Crippen LogP contribution in [0.4, 0.5) is 0 Å². The van der Waals surface area contributed by atoms with Crippen LogP contribution < -0.4 is 5.32 Å². The number of benzene rings is 2. The zero-order valence-corrected chi connectivity index (χ0v) is 18.4. The third kappa shape index (κ3) is 5.05. The minimum atomic E-state index is -4.24. The quantitative estimate of drug-likeness (QED) is 0.724. The summed E-state index contributed by atoms with van der Waals surface area (Å²) in [7, 11) is -4.24. The number of hydrogen-bond acceptors (Lipinski definition) is 5. The summed E-state index contributed by atoms with van der Waals surface area (Å²) in [6.45, 7) is 2.35. The Kier molecular flexibility index (Phi) is 6.97. The summed E-state index contributed by atoms with van der Waals surface area (Å²) in [5.41, 5.74) is 0.0617. The van der Waals surface area contributed by atoms with Crippen LogP contribution in [0.5, 0.6) is 0 Å². The number of amides is 3. The summed E-state index contributed by atoms with van der Waals surface area (Å²) in [5, 5.41) is 0.667. The van der Waals surface area contributed by atoms with Crippen molar-refractivity contribution in [1.29, 1.82) is 0 Å². The summed E-state index contributed by atoms with van der Waals surface area (Å²) in [6.07, 6.45) is 0. The maximum Gasteiger partial charge on any atom is 0.261 e. The van der Waals surface area contributed by atoms with Gasteiger partial charge in [-0.1, -0.05) is 41.9 Å². The van der Waals surface area contributed by atoms with E-state index in [2.05, 4.69) is 5.32 Å². The van der Waals surface area contributed by atoms with Crippen LogP contribution in [0.15, 0.2) is 59.5 Å². The number of nitrogens with zero attached hydrogens (tertiary/aromatic N) is 2. The Labute approximate surface area is 185 Å². The van der Waals surface area contributed by atoms with Crippen LogP contribution in [0.25, 0.3) is 0 Å². The standard InChI is InChI=1S/C21H22ClN3O5S/c1-15(26)24-11-13-25(14-12-24)21(28)20(31(29,30)16-7-3-2-4-8-16)23-19(27)17-9-5-6-10-18(17)22/h2-10,20H,11-14H2,1H3,(H,23,27)/t20-/m1/s1. The highest BCUT2D eigenvalue weighted by Gasteiger charge is 2.39. The number of carbonyl (C=O) groups is 3. The fraction of sp³-hybridized carbons (Fsp3) is 0.286. The molecule has 1 atom stereocenters. The number of halogens is 1. The average molecular weight is 464 g/mol. The van der Waals surface area contributed by atoms with Crippen molar-refractivity contribution in [2.75, 3.05) is 26.2 Å². The van der Waals surface area contributed by atoms with Gasteiger partial charge in [0.15, 0.2) is 0 Å². The van der Waals surface area contributed by atoms with Crippen molar-refractivity contribution in [3.63, 3.8) is 0 Å². The molecule has 8 nitrogen and oxygen atoms in total. The van der Waals surface area contributed by atoms with Crippen LogP contribution >= 0.6 is 11.6 Å². The van der Waals surface area contributed by atoms with Gasteiger partial charge in [-0.2, -0.15) is 0 Å². The van der Waals surface area contributed by atoms with E-state index in [4.69, 9.17) is 11.6 Å². The predicted molar refractivity (Wildman–Crippen MR) is 115 cm³/mol. The molecule has 0 aromatic heterocycles. The second-order valence-corrected chi connectivity index (χ2v) is 9.46. The maximum absolute atomic E-state index is 13.3. The topological polar surface area (TPSA) is 104 Å². The van der Waals surface area contributed by atoms with Gasteiger partial charge in [-0.15, -0.1) is 0 Å². The molecule has 0 saturated carbocycles. The van der Waals surface area contributed by atoms with Gasteiger partial charge in [0.05, 0.1) is 15.5 Å². The monoisotopic (exact) mass is 463 g/mol. The first kappa shape index (κ1) is 22.8. The average Bonchev–Trinajstić information content (AvgIpc) is 2.77. The highest BCUT2D eigenvalue weighted by atomic mass is 35.5. The van der Waals surface area contributed by atoms with Gasteiger partial charge < -0.3 is 15.1 Å². The van der Waals surface area contributed by atoms with Crippen molar-refractivity contribution in [2.24, 2.45) is 0 Å². The Balaban J connectivity index is 1.91. The molecule has 0 bridgehead atoms. The molecule has 0 spiro atoms. The molecule has 2 aromatic carbocycles. The lowest BCUT2D eigenvalue weighted by molar-refractivity contribution is -0.138. The second-order valence-electron chi connectivity index (χ2n) is 7.02. The Hall–Kier alpha value is -2.91. The van der Waals surface area contributed by atoms with Crippen molar-refractivity contribution in [2.45, 2.75) is 17.2 Å². The van der Waals surface area contributed by atoms with Gasteiger partial charge in [-0.05, 0) is 24.3 Å². The van der Waals surface area contributed by atoms with Gasteiger partial charge >= 0.3 is 0 Å². The van der Waals surface area contributed by atoms with Crippen LogP contribution in [0.3, 0.4) is 0 Å². The minimum Gasteiger partial charge on any atom is -0.339 e. The predicted octanol–water partition coefficient (Wildman–Crippen LogP) is 1.56. The molecule has 164 valence electrons. The van der Waals surface area contributed by atoms with Crippen molar-refractivity contribution < 1.29 is 22.8 Å². The number of rotatable bonds is 5. The van der Waals surface area contributed by atoms with E-state index >= 15 is 0 Å². The molecule has 1 saturated heterocycles. The van der Waals surface area contributed by atoms with Gasteiger partial charge in [0.25, 0.3) is 11.8 Å². The SMILES string of the molecule is CC(=O)N1CCN(C(=O)[C@H](NC(=O)c2ccccc2Cl)S(=O)(=O)c2ccccc2)CC1. The molecule has 1 fully saturated rings. The number of sulfone groups is 1. The third-order valence-electron chi connectivity index (χ3n) is 5.02. The van der Waals surface area contributed by atoms with Crippen molar-refractivity contribution in [3.05, 3.63) is 65.2 Å². The van der Waals surface area contributed by atoms with Crippen LogP contribution in [-0.2, 0) is 19.4 Å². The molecule has 0 radical (unpaired) electrons. The molecule has 3 amide bonds. The highest BCUT2D eigenvalue weighted by Crippen LogP contribution is 2.20. The van der Waals surface area contributed by atoms with E-state index in [1.807, 2.05) is 0 Å². The molecule has 31 heavy (non-hydrogen) atoms. The molecule has 0 unspecified atom stereocenters. The van der Waals surface area contributed by atoms with E-state index in [0.29, 0.717) is 0 Å². The molecule has 1 aliphatic heterocycles. The Bertz CT molecular complexity index is 1080. The molecule has 10 heteroatoms. The van der Waals surface area contributed by atoms with Gasteiger partial charge in [0.2, 0.25) is 21.1 Å². The molecule has 1 aliphatic rings. The Morgan fingerprint density at radius 2 is 1.45 bits per heavy atom. The first-order chi connectivity index (χ1) is 14.7. The molecular formula is C21H22ClN3O5S. The summed E-state index contributed by atoms with van der Waals surface area (Å²) >= 11 is 6.06. The van der Waals surface area contributed by atoms with Gasteiger partial charge in [-0.25, -0.2) is 8.42 Å². The summed E-state index contributed by atoms with van der Waals surface area (Å²) in [4.78, 5) is 40.4. The second kappa shape index (κ2) is 9.49. The lowest BCUT2D eigenvalue weighted by atomic mass is 10.2. The molecule has 2 aromatic rings. The zero-order chi connectivity index (χ0) is 22.6. The Morgan fingerprint density at radius 1 is 0.903 bits per heavy atom. The highest BCUT2D eigenvalue weighted by molar-refractivity contribution is 7.92. The lowest BCUT2D eigenvalue weighted by Crippen LogP contribution is -2.57. The van der Waals surface area contributed by atoms with E-state index in [1.54, 1.807) is 23.1 Å². The summed E-state index contributed by atoms with van der Waals surface area (Å²) < 4.78 is 26.6. The minimum absolute atomic E-state index is 0.0617. The van der Waals surface area contributed by atoms with Gasteiger partial charge in [-0.3, -0.25) is 14.4 Å². The lowest BCUT2D eigenvalue weighted by Gasteiger charge is -2.36. The maximum atomic E-state index is 13.3. The first-order valence-electron chi connectivity index (χ1n) is 9.60. The normalized spacial score (nSPS) is 15.3. The van der Waals surface area contributed by atoms with Crippen molar-refractivity contribution in [1.82, 2.24) is 15.1 Å². The molecule has 0 aliphatic carbocycles. The fourth-order valence-electron chi connectivity index (χ4n) is 3.27. The number of carbonyl (C=O) groups excluding carboxylic acids is 3. The van der Waals surface area contributed by atoms with Crippen LogP contribution in [0.2, 0.25) is 5.02 Å². The third-order valence-corrected chi connectivity index (χ3v) is 7.22. The molecule has 1 heterocycles. The number of nitrogens with one attached hydrogen (secondary N) is 1. The fourth-order valence-corrected chi connectivity index (χ4v) is 4.97.